The molecular weight excluding hydrogens is 641 g/mol. The Morgan fingerprint density at radius 2 is 1.93 bits per heavy atom. The summed E-state index contributed by atoms with van der Waals surface area (Å²) >= 11 is 0.659. The standard InChI is InChI=1S/C30H25F7N6O2S/c31-19-4-3-15(20-17(8-38)25(39)46-24(19)20)21-18(30(35,36)37)7-16-23(22(21)32)41-28(45-12-29(27(33)34)5-6-44-11-29)42-26(16)43-9-13-1-2-14(10-43)40-13/h3-4,7,13-14,27,40H,1-2,5-6,9-12,39H2. The van der Waals surface area contributed by atoms with Crippen LogP contribution in [0.1, 0.15) is 30.4 Å². The Hall–Kier alpha value is -3.94. The first-order valence-electron chi connectivity index (χ1n) is 14.4. The molecule has 2 bridgehead atoms. The second kappa shape index (κ2) is 11.1. The van der Waals surface area contributed by atoms with Gasteiger partial charge in [-0.25, -0.2) is 17.6 Å². The van der Waals surface area contributed by atoms with Gasteiger partial charge in [0, 0.05) is 48.1 Å². The number of thiophene rings is 1. The van der Waals surface area contributed by atoms with E-state index in [1.807, 2.05) is 0 Å². The maximum absolute atomic E-state index is 16.8. The van der Waals surface area contributed by atoms with Crippen molar-refractivity contribution in [3.05, 3.63) is 41.0 Å². The quantitative estimate of drug-likeness (QED) is 0.233. The van der Waals surface area contributed by atoms with Gasteiger partial charge in [-0.3, -0.25) is 0 Å². The number of benzene rings is 2. The molecule has 2 aromatic carbocycles. The Morgan fingerprint density at radius 1 is 1.20 bits per heavy atom. The van der Waals surface area contributed by atoms with Crippen LogP contribution in [-0.2, 0) is 10.9 Å². The second-order valence-corrected chi connectivity index (χ2v) is 12.9. The molecule has 242 valence electrons. The van der Waals surface area contributed by atoms with E-state index in [9.17, 15) is 31.6 Å². The Morgan fingerprint density at radius 3 is 2.57 bits per heavy atom. The summed E-state index contributed by atoms with van der Waals surface area (Å²) in [6, 6.07) is 3.89. The smallest absolute Gasteiger partial charge is 0.417 e. The first-order valence-corrected chi connectivity index (χ1v) is 15.2. The zero-order valence-corrected chi connectivity index (χ0v) is 24.7. The summed E-state index contributed by atoms with van der Waals surface area (Å²) < 4.78 is 115. The van der Waals surface area contributed by atoms with Crippen molar-refractivity contribution in [2.24, 2.45) is 5.41 Å². The number of aromatic nitrogens is 2. The number of piperazine rings is 1. The fourth-order valence-corrected chi connectivity index (χ4v) is 7.59. The minimum Gasteiger partial charge on any atom is -0.462 e. The van der Waals surface area contributed by atoms with Gasteiger partial charge in [-0.2, -0.15) is 28.4 Å². The summed E-state index contributed by atoms with van der Waals surface area (Å²) in [5.74, 6) is -2.31. The lowest BCUT2D eigenvalue weighted by Gasteiger charge is -2.34. The van der Waals surface area contributed by atoms with Crippen LogP contribution in [0.15, 0.2) is 18.2 Å². The van der Waals surface area contributed by atoms with Gasteiger partial charge < -0.3 is 25.4 Å². The van der Waals surface area contributed by atoms with E-state index in [0.29, 0.717) is 24.4 Å². The third-order valence-corrected chi connectivity index (χ3v) is 10.0. The molecule has 3 fully saturated rings. The van der Waals surface area contributed by atoms with Gasteiger partial charge in [0.05, 0.1) is 27.8 Å². The van der Waals surface area contributed by atoms with Crippen LogP contribution in [0.4, 0.5) is 41.6 Å². The molecule has 0 saturated carbocycles. The highest BCUT2D eigenvalue weighted by Crippen LogP contribution is 2.48. The number of hydrogen-bond donors (Lipinski definition) is 2. The number of halogens is 7. The minimum absolute atomic E-state index is 0.00866. The van der Waals surface area contributed by atoms with Crippen LogP contribution < -0.4 is 20.7 Å². The van der Waals surface area contributed by atoms with Crippen molar-refractivity contribution in [2.45, 2.75) is 43.9 Å². The Balaban J connectivity index is 1.47. The summed E-state index contributed by atoms with van der Waals surface area (Å²) in [4.78, 5) is 10.2. The molecule has 7 rings (SSSR count). The van der Waals surface area contributed by atoms with E-state index in [2.05, 4.69) is 15.3 Å². The summed E-state index contributed by atoms with van der Waals surface area (Å²) in [6.07, 6.45) is -6.29. The molecule has 0 radical (unpaired) electrons. The third-order valence-electron chi connectivity index (χ3n) is 9.00. The zero-order valence-electron chi connectivity index (χ0n) is 23.9. The van der Waals surface area contributed by atoms with Crippen molar-refractivity contribution >= 4 is 43.1 Å². The van der Waals surface area contributed by atoms with Gasteiger partial charge in [0.15, 0.2) is 5.82 Å². The first kappa shape index (κ1) is 30.7. The maximum Gasteiger partial charge on any atom is 0.417 e. The zero-order chi connectivity index (χ0) is 32.5. The number of nitrogens with two attached hydrogens (primary N) is 1. The monoisotopic (exact) mass is 666 g/mol. The lowest BCUT2D eigenvalue weighted by Crippen LogP contribution is -2.51. The molecule has 3 saturated heterocycles. The molecule has 16 heteroatoms. The molecule has 8 nitrogen and oxygen atoms in total. The van der Waals surface area contributed by atoms with Crippen LogP contribution in [0.3, 0.4) is 0 Å². The highest BCUT2D eigenvalue weighted by Gasteiger charge is 2.45. The number of fused-ring (bicyclic) bond motifs is 4. The Labute approximate surface area is 260 Å². The maximum atomic E-state index is 16.8. The normalized spacial score (nSPS) is 23.2. The predicted molar refractivity (Wildman–Crippen MR) is 156 cm³/mol. The van der Waals surface area contributed by atoms with Gasteiger partial charge in [0.25, 0.3) is 0 Å². The Bertz CT molecular complexity index is 1890. The van der Waals surface area contributed by atoms with Crippen molar-refractivity contribution in [3.63, 3.8) is 0 Å². The number of anilines is 2. The lowest BCUT2D eigenvalue weighted by molar-refractivity contribution is -0.137. The molecule has 3 aliphatic heterocycles. The second-order valence-electron chi connectivity index (χ2n) is 11.9. The van der Waals surface area contributed by atoms with Crippen LogP contribution >= 0.6 is 11.3 Å². The molecule has 0 aliphatic carbocycles. The number of ether oxygens (including phenoxy) is 2. The number of nitrogens with zero attached hydrogens (tertiary/aromatic N) is 4. The number of rotatable bonds is 6. The molecule has 3 N–H and O–H groups in total. The molecule has 0 amide bonds. The van der Waals surface area contributed by atoms with Gasteiger partial charge in [-0.15, -0.1) is 11.3 Å². The summed E-state index contributed by atoms with van der Waals surface area (Å²) in [5, 5.41) is 12.5. The molecule has 2 aromatic heterocycles. The average Bonchev–Trinajstić information content (AvgIpc) is 3.73. The van der Waals surface area contributed by atoms with E-state index in [-0.39, 0.29) is 63.6 Å². The fraction of sp³-hybridized carbons (Fsp3) is 0.433. The van der Waals surface area contributed by atoms with Crippen LogP contribution in [0.2, 0.25) is 0 Å². The Kier molecular flexibility index (Phi) is 7.41. The summed E-state index contributed by atoms with van der Waals surface area (Å²) in [7, 11) is 0. The van der Waals surface area contributed by atoms with Crippen LogP contribution in [-0.4, -0.2) is 61.4 Å². The summed E-state index contributed by atoms with van der Waals surface area (Å²) in [5.41, 5.74) is 0.625. The number of nitrogen functional groups attached to an aromatic ring is 1. The van der Waals surface area contributed by atoms with Crippen molar-refractivity contribution in [3.8, 4) is 23.2 Å². The van der Waals surface area contributed by atoms with Crippen LogP contribution in [0.25, 0.3) is 32.1 Å². The third kappa shape index (κ3) is 4.96. The van der Waals surface area contributed by atoms with Crippen molar-refractivity contribution in [2.75, 3.05) is 43.5 Å². The van der Waals surface area contributed by atoms with Gasteiger partial charge in [0.2, 0.25) is 6.43 Å². The largest absolute Gasteiger partial charge is 0.462 e. The van der Waals surface area contributed by atoms with Gasteiger partial charge in [0.1, 0.15) is 34.8 Å². The van der Waals surface area contributed by atoms with E-state index in [1.54, 1.807) is 11.0 Å². The number of nitrogens with one attached hydrogen (secondary N) is 1. The average molecular weight is 667 g/mol. The number of alkyl halides is 5. The number of nitriles is 1. The first-order chi connectivity index (χ1) is 21.9. The lowest BCUT2D eigenvalue weighted by atomic mass is 9.89. The number of hydrogen-bond acceptors (Lipinski definition) is 9. The predicted octanol–water partition coefficient (Wildman–Crippen LogP) is 6.25. The molecule has 46 heavy (non-hydrogen) atoms. The molecule has 3 unspecified atom stereocenters. The van der Waals surface area contributed by atoms with Crippen molar-refractivity contribution in [1.82, 2.24) is 15.3 Å². The van der Waals surface area contributed by atoms with E-state index in [4.69, 9.17) is 15.2 Å². The molecular formula is C30H25F7N6O2S. The van der Waals surface area contributed by atoms with Gasteiger partial charge in [-0.05, 0) is 37.0 Å². The minimum atomic E-state index is -5.11. The summed E-state index contributed by atoms with van der Waals surface area (Å²) in [6.45, 7) is -0.0793. The van der Waals surface area contributed by atoms with Crippen LogP contribution in [0.5, 0.6) is 6.01 Å². The molecule has 0 spiro atoms. The molecule has 5 heterocycles. The molecule has 3 aliphatic rings. The topological polar surface area (TPSA) is 109 Å². The van der Waals surface area contributed by atoms with Crippen LogP contribution in [0, 0.1) is 28.4 Å². The van der Waals surface area contributed by atoms with Gasteiger partial charge in [-0.1, -0.05) is 6.07 Å². The fourth-order valence-electron chi connectivity index (χ4n) is 6.64. The van der Waals surface area contributed by atoms with E-state index in [0.717, 1.165) is 31.0 Å². The molecule has 4 aromatic rings. The highest BCUT2D eigenvalue weighted by molar-refractivity contribution is 7.23. The van der Waals surface area contributed by atoms with E-state index < -0.39 is 64.5 Å². The van der Waals surface area contributed by atoms with Crippen molar-refractivity contribution in [1.29, 1.82) is 5.26 Å². The molecule has 3 atom stereocenters. The highest BCUT2D eigenvalue weighted by atomic mass is 32.1. The SMILES string of the molecule is N#Cc1c(N)sc2c(F)ccc(-c3c(C(F)(F)F)cc4c(N5CC6CCC(C5)N6)nc(OCC5(C(F)F)CCOC5)nc4c3F)c12. The van der Waals surface area contributed by atoms with Gasteiger partial charge >= 0.3 is 12.2 Å². The van der Waals surface area contributed by atoms with E-state index >= 15 is 4.39 Å². The van der Waals surface area contributed by atoms with Crippen molar-refractivity contribution < 1.29 is 40.2 Å². The van der Waals surface area contributed by atoms with E-state index in [1.165, 1.54) is 0 Å².